The molecule has 6 heteroatoms. The van der Waals surface area contributed by atoms with Gasteiger partial charge in [0.05, 0.1) is 5.75 Å². The monoisotopic (exact) mass is 349 g/mol. The van der Waals surface area contributed by atoms with Crippen LogP contribution in [0.5, 0.6) is 0 Å². The average Bonchev–Trinajstić information content (AvgIpc) is 3.03. The standard InChI is InChI=1S/C17H23N3OS2/c1-3-12-7-5-6-8-20(12)15(21)10-22-16-14-9-13(4-2)23-17(14)19-11-18-16/h9,11-12H,3-8,10H2,1-2H3. The molecule has 1 unspecified atom stereocenters. The molecule has 1 aliphatic heterocycles. The number of aromatic nitrogens is 2. The zero-order chi connectivity index (χ0) is 16.2. The molecule has 1 fully saturated rings. The SMILES string of the molecule is CCc1cc2c(SCC(=O)N3CCCCC3CC)ncnc2s1. The maximum absolute atomic E-state index is 12.6. The summed E-state index contributed by atoms with van der Waals surface area (Å²) in [6, 6.07) is 2.60. The number of hydrogen-bond acceptors (Lipinski definition) is 5. The maximum Gasteiger partial charge on any atom is 0.233 e. The first-order chi connectivity index (χ1) is 11.2. The topological polar surface area (TPSA) is 46.1 Å². The molecular weight excluding hydrogens is 326 g/mol. The number of carbonyl (C=O) groups is 1. The van der Waals surface area contributed by atoms with Gasteiger partial charge in [-0.3, -0.25) is 4.79 Å². The van der Waals surface area contributed by atoms with Crippen molar-refractivity contribution in [1.29, 1.82) is 0 Å². The molecule has 1 saturated heterocycles. The van der Waals surface area contributed by atoms with Crippen LogP contribution in [0.1, 0.15) is 44.4 Å². The molecule has 0 spiro atoms. The number of piperidine rings is 1. The highest BCUT2D eigenvalue weighted by Crippen LogP contribution is 2.31. The van der Waals surface area contributed by atoms with Gasteiger partial charge in [0.15, 0.2) is 0 Å². The van der Waals surface area contributed by atoms with Crippen molar-refractivity contribution in [2.75, 3.05) is 12.3 Å². The molecule has 0 aliphatic carbocycles. The number of hydrogen-bond donors (Lipinski definition) is 0. The van der Waals surface area contributed by atoms with Crippen LogP contribution in [0.4, 0.5) is 0 Å². The van der Waals surface area contributed by atoms with Crippen molar-refractivity contribution in [3.8, 4) is 0 Å². The van der Waals surface area contributed by atoms with Crippen LogP contribution < -0.4 is 0 Å². The first kappa shape index (κ1) is 16.7. The van der Waals surface area contributed by atoms with E-state index in [0.717, 1.165) is 47.5 Å². The van der Waals surface area contributed by atoms with E-state index in [0.29, 0.717) is 11.8 Å². The lowest BCUT2D eigenvalue weighted by Crippen LogP contribution is -2.44. The quantitative estimate of drug-likeness (QED) is 0.601. The smallest absolute Gasteiger partial charge is 0.233 e. The summed E-state index contributed by atoms with van der Waals surface area (Å²) in [5.41, 5.74) is 0. The minimum absolute atomic E-state index is 0.249. The number of thioether (sulfide) groups is 1. The Hall–Kier alpha value is -1.14. The molecule has 0 aromatic carbocycles. The fourth-order valence-electron chi connectivity index (χ4n) is 3.14. The van der Waals surface area contributed by atoms with E-state index < -0.39 is 0 Å². The molecule has 0 bridgehead atoms. The number of nitrogens with zero attached hydrogens (tertiary/aromatic N) is 3. The van der Waals surface area contributed by atoms with Gasteiger partial charge in [0, 0.05) is 22.8 Å². The largest absolute Gasteiger partial charge is 0.339 e. The van der Waals surface area contributed by atoms with E-state index in [9.17, 15) is 4.79 Å². The molecule has 2 aromatic heterocycles. The van der Waals surface area contributed by atoms with Crippen LogP contribution >= 0.6 is 23.1 Å². The van der Waals surface area contributed by atoms with Crippen LogP contribution in [-0.2, 0) is 11.2 Å². The highest BCUT2D eigenvalue weighted by Gasteiger charge is 2.25. The Morgan fingerprint density at radius 3 is 3.04 bits per heavy atom. The lowest BCUT2D eigenvalue weighted by atomic mass is 10.0. The number of fused-ring (bicyclic) bond motifs is 1. The number of amides is 1. The number of aryl methyl sites for hydroxylation is 1. The van der Waals surface area contributed by atoms with Crippen molar-refractivity contribution >= 4 is 39.2 Å². The van der Waals surface area contributed by atoms with Crippen LogP contribution in [0, 0.1) is 0 Å². The van der Waals surface area contributed by atoms with Crippen molar-refractivity contribution in [1.82, 2.24) is 14.9 Å². The van der Waals surface area contributed by atoms with E-state index >= 15 is 0 Å². The zero-order valence-electron chi connectivity index (χ0n) is 13.7. The minimum atomic E-state index is 0.249. The van der Waals surface area contributed by atoms with Crippen LogP contribution in [0.25, 0.3) is 10.2 Å². The lowest BCUT2D eigenvalue weighted by molar-refractivity contribution is -0.132. The Kier molecular flexibility index (Phi) is 5.54. The maximum atomic E-state index is 12.6. The zero-order valence-corrected chi connectivity index (χ0v) is 15.4. The van der Waals surface area contributed by atoms with Crippen molar-refractivity contribution in [2.45, 2.75) is 57.0 Å². The Bertz CT molecular complexity index is 686. The van der Waals surface area contributed by atoms with Gasteiger partial charge in [0.25, 0.3) is 0 Å². The molecule has 0 radical (unpaired) electrons. The van der Waals surface area contributed by atoms with Gasteiger partial charge in [0.1, 0.15) is 16.2 Å². The second kappa shape index (κ2) is 7.62. The molecular formula is C17H23N3OS2. The summed E-state index contributed by atoms with van der Waals surface area (Å²) >= 11 is 3.27. The summed E-state index contributed by atoms with van der Waals surface area (Å²) in [7, 11) is 0. The summed E-state index contributed by atoms with van der Waals surface area (Å²) in [5, 5.41) is 2.03. The van der Waals surface area contributed by atoms with Crippen molar-refractivity contribution < 1.29 is 4.79 Å². The average molecular weight is 350 g/mol. The molecule has 3 rings (SSSR count). The normalized spacial score (nSPS) is 18.5. The van der Waals surface area contributed by atoms with E-state index in [4.69, 9.17) is 0 Å². The van der Waals surface area contributed by atoms with Crippen molar-refractivity contribution in [3.63, 3.8) is 0 Å². The predicted octanol–water partition coefficient (Wildman–Crippen LogP) is 4.14. The fraction of sp³-hybridized carbons (Fsp3) is 0.588. The third kappa shape index (κ3) is 3.69. The molecule has 124 valence electrons. The van der Waals surface area contributed by atoms with Gasteiger partial charge < -0.3 is 4.90 Å². The summed E-state index contributed by atoms with van der Waals surface area (Å²) in [4.78, 5) is 25.8. The van der Waals surface area contributed by atoms with Crippen molar-refractivity contribution in [3.05, 3.63) is 17.3 Å². The van der Waals surface area contributed by atoms with E-state index in [-0.39, 0.29) is 5.91 Å². The summed E-state index contributed by atoms with van der Waals surface area (Å²) in [6.45, 7) is 5.24. The second-order valence-electron chi connectivity index (χ2n) is 5.90. The van der Waals surface area contributed by atoms with Crippen LogP contribution in [0.15, 0.2) is 17.4 Å². The van der Waals surface area contributed by atoms with Gasteiger partial charge in [-0.05, 0) is 38.2 Å². The van der Waals surface area contributed by atoms with Gasteiger partial charge in [-0.15, -0.1) is 11.3 Å². The Morgan fingerprint density at radius 1 is 1.39 bits per heavy atom. The molecule has 1 amide bonds. The van der Waals surface area contributed by atoms with Gasteiger partial charge in [-0.2, -0.15) is 0 Å². The third-order valence-corrected chi connectivity index (χ3v) is 6.62. The highest BCUT2D eigenvalue weighted by molar-refractivity contribution is 8.00. The molecule has 0 N–H and O–H groups in total. The Morgan fingerprint density at radius 2 is 2.26 bits per heavy atom. The summed E-state index contributed by atoms with van der Waals surface area (Å²) < 4.78 is 0. The minimum Gasteiger partial charge on any atom is -0.339 e. The van der Waals surface area contributed by atoms with Crippen molar-refractivity contribution in [2.24, 2.45) is 0 Å². The Labute approximate surface area is 145 Å². The van der Waals surface area contributed by atoms with E-state index in [1.165, 1.54) is 11.3 Å². The number of likely N-dealkylation sites (tertiary alicyclic amines) is 1. The number of carbonyl (C=O) groups excluding carboxylic acids is 1. The number of thiophene rings is 1. The predicted molar refractivity (Wildman–Crippen MR) is 97.2 cm³/mol. The third-order valence-electron chi connectivity index (χ3n) is 4.44. The molecule has 4 nitrogen and oxygen atoms in total. The molecule has 1 aliphatic rings. The van der Waals surface area contributed by atoms with E-state index in [2.05, 4.69) is 34.8 Å². The van der Waals surface area contributed by atoms with Gasteiger partial charge >= 0.3 is 0 Å². The second-order valence-corrected chi connectivity index (χ2v) is 7.98. The molecule has 0 saturated carbocycles. The fourth-order valence-corrected chi connectivity index (χ4v) is 5.00. The molecule has 23 heavy (non-hydrogen) atoms. The first-order valence-electron chi connectivity index (χ1n) is 8.38. The molecule has 1 atom stereocenters. The van der Waals surface area contributed by atoms with Crippen LogP contribution in [0.3, 0.4) is 0 Å². The van der Waals surface area contributed by atoms with Gasteiger partial charge in [0.2, 0.25) is 5.91 Å². The van der Waals surface area contributed by atoms with Gasteiger partial charge in [-0.1, -0.05) is 25.6 Å². The summed E-state index contributed by atoms with van der Waals surface area (Å²) in [5.74, 6) is 0.721. The number of rotatable bonds is 5. The summed E-state index contributed by atoms with van der Waals surface area (Å²) in [6.07, 6.45) is 7.20. The Balaban J connectivity index is 1.70. The van der Waals surface area contributed by atoms with E-state index in [1.54, 1.807) is 29.4 Å². The molecule has 3 heterocycles. The first-order valence-corrected chi connectivity index (χ1v) is 10.2. The van der Waals surface area contributed by atoms with Crippen LogP contribution in [-0.4, -0.2) is 39.1 Å². The van der Waals surface area contributed by atoms with Gasteiger partial charge in [-0.25, -0.2) is 9.97 Å². The highest BCUT2D eigenvalue weighted by atomic mass is 32.2. The lowest BCUT2D eigenvalue weighted by Gasteiger charge is -2.35. The van der Waals surface area contributed by atoms with Crippen LogP contribution in [0.2, 0.25) is 0 Å². The molecule has 2 aromatic rings. The van der Waals surface area contributed by atoms with E-state index in [1.807, 2.05) is 0 Å².